The lowest BCUT2D eigenvalue weighted by Gasteiger charge is -2.42. The molecule has 1 aliphatic carbocycles. The van der Waals surface area contributed by atoms with Gasteiger partial charge in [0.1, 0.15) is 0 Å². The van der Waals surface area contributed by atoms with E-state index in [0.717, 1.165) is 19.3 Å². The minimum absolute atomic E-state index is 0.0230. The molecule has 18 heavy (non-hydrogen) atoms. The molecule has 0 bridgehead atoms. The number of nitrogens with two attached hydrogens (primary N) is 1. The van der Waals surface area contributed by atoms with Crippen LogP contribution in [0.3, 0.4) is 0 Å². The fourth-order valence-corrected chi connectivity index (χ4v) is 3.73. The van der Waals surface area contributed by atoms with Crippen molar-refractivity contribution >= 4 is 11.8 Å². The SMILES string of the molecule is NCC1(N2C(=O)C3CCCC3C2=O)CCOCC1. The van der Waals surface area contributed by atoms with Gasteiger partial charge in [0.25, 0.3) is 0 Å². The van der Waals surface area contributed by atoms with Gasteiger partial charge < -0.3 is 10.5 Å². The Balaban J connectivity index is 1.91. The number of likely N-dealkylation sites (tertiary alicyclic amines) is 1. The van der Waals surface area contributed by atoms with Gasteiger partial charge in [-0.1, -0.05) is 6.42 Å². The standard InChI is InChI=1S/C13H20N2O3/c14-8-13(4-6-18-7-5-13)15-11(16)9-2-1-3-10(9)12(15)17/h9-10H,1-8,14H2. The Labute approximate surface area is 107 Å². The molecule has 3 fully saturated rings. The third kappa shape index (κ3) is 1.53. The smallest absolute Gasteiger partial charge is 0.233 e. The number of rotatable bonds is 2. The third-order valence-electron chi connectivity index (χ3n) is 4.87. The zero-order valence-corrected chi connectivity index (χ0v) is 10.6. The highest BCUT2D eigenvalue weighted by Gasteiger charge is 2.56. The molecular weight excluding hydrogens is 232 g/mol. The van der Waals surface area contributed by atoms with Crippen LogP contribution in [-0.4, -0.2) is 42.0 Å². The van der Waals surface area contributed by atoms with Crippen LogP contribution in [0.1, 0.15) is 32.1 Å². The van der Waals surface area contributed by atoms with Gasteiger partial charge in [0.15, 0.2) is 0 Å². The van der Waals surface area contributed by atoms with E-state index in [4.69, 9.17) is 10.5 Å². The Kier molecular flexibility index (Phi) is 2.90. The molecule has 3 rings (SSSR count). The third-order valence-corrected chi connectivity index (χ3v) is 4.87. The van der Waals surface area contributed by atoms with Gasteiger partial charge in [0, 0.05) is 19.8 Å². The van der Waals surface area contributed by atoms with Gasteiger partial charge in [0.05, 0.1) is 17.4 Å². The van der Waals surface area contributed by atoms with Crippen LogP contribution >= 0.6 is 0 Å². The van der Waals surface area contributed by atoms with Crippen LogP contribution in [0.5, 0.6) is 0 Å². The van der Waals surface area contributed by atoms with E-state index in [9.17, 15) is 9.59 Å². The summed E-state index contributed by atoms with van der Waals surface area (Å²) in [6.45, 7) is 1.53. The van der Waals surface area contributed by atoms with Crippen molar-refractivity contribution in [2.45, 2.75) is 37.6 Å². The monoisotopic (exact) mass is 252 g/mol. The molecule has 3 aliphatic rings. The van der Waals surface area contributed by atoms with Crippen molar-refractivity contribution < 1.29 is 14.3 Å². The maximum atomic E-state index is 12.5. The fraction of sp³-hybridized carbons (Fsp3) is 0.846. The second-order valence-electron chi connectivity index (χ2n) is 5.70. The van der Waals surface area contributed by atoms with Gasteiger partial charge in [-0.2, -0.15) is 0 Å². The number of carbonyl (C=O) groups excluding carboxylic acids is 2. The second kappa shape index (κ2) is 4.31. The predicted molar refractivity (Wildman–Crippen MR) is 64.5 cm³/mol. The van der Waals surface area contributed by atoms with Gasteiger partial charge >= 0.3 is 0 Å². The molecule has 0 aromatic carbocycles. The zero-order chi connectivity index (χ0) is 12.8. The predicted octanol–water partition coefficient (Wildman–Crippen LogP) is 0.279. The van der Waals surface area contributed by atoms with E-state index in [1.807, 2.05) is 0 Å². The number of carbonyl (C=O) groups is 2. The van der Waals surface area contributed by atoms with Gasteiger partial charge in [-0.05, 0) is 25.7 Å². The van der Waals surface area contributed by atoms with E-state index < -0.39 is 5.54 Å². The quantitative estimate of drug-likeness (QED) is 0.716. The molecule has 2 amide bonds. The molecule has 2 unspecified atom stereocenters. The van der Waals surface area contributed by atoms with Gasteiger partial charge in [0.2, 0.25) is 11.8 Å². The number of imide groups is 1. The summed E-state index contributed by atoms with van der Waals surface area (Å²) in [5.41, 5.74) is 5.42. The first kappa shape index (κ1) is 12.1. The first-order valence-corrected chi connectivity index (χ1v) is 6.85. The summed E-state index contributed by atoms with van der Waals surface area (Å²) in [5, 5.41) is 0. The topological polar surface area (TPSA) is 72.6 Å². The highest BCUT2D eigenvalue weighted by molar-refractivity contribution is 6.06. The first-order chi connectivity index (χ1) is 8.69. The summed E-state index contributed by atoms with van der Waals surface area (Å²) in [6.07, 6.45) is 4.09. The number of hydrogen-bond acceptors (Lipinski definition) is 4. The Morgan fingerprint density at radius 2 is 1.72 bits per heavy atom. The van der Waals surface area contributed by atoms with Gasteiger partial charge in [-0.3, -0.25) is 14.5 Å². The van der Waals surface area contributed by atoms with E-state index in [1.165, 1.54) is 4.90 Å². The minimum Gasteiger partial charge on any atom is -0.381 e. The van der Waals surface area contributed by atoms with Crippen molar-refractivity contribution in [2.24, 2.45) is 17.6 Å². The second-order valence-corrected chi connectivity index (χ2v) is 5.70. The number of fused-ring (bicyclic) bond motifs is 1. The maximum absolute atomic E-state index is 12.5. The molecule has 2 heterocycles. The van der Waals surface area contributed by atoms with E-state index >= 15 is 0 Å². The Morgan fingerprint density at radius 1 is 1.17 bits per heavy atom. The van der Waals surface area contributed by atoms with Crippen molar-refractivity contribution in [2.75, 3.05) is 19.8 Å². The number of nitrogens with zero attached hydrogens (tertiary/aromatic N) is 1. The van der Waals surface area contributed by atoms with Crippen molar-refractivity contribution in [1.82, 2.24) is 4.90 Å². The van der Waals surface area contributed by atoms with Crippen LogP contribution in [0.2, 0.25) is 0 Å². The summed E-state index contributed by atoms with van der Waals surface area (Å²) in [7, 11) is 0. The van der Waals surface area contributed by atoms with Crippen LogP contribution < -0.4 is 5.73 Å². The highest BCUT2D eigenvalue weighted by Crippen LogP contribution is 2.44. The number of ether oxygens (including phenoxy) is 1. The highest BCUT2D eigenvalue weighted by atomic mass is 16.5. The van der Waals surface area contributed by atoms with Crippen LogP contribution in [0, 0.1) is 11.8 Å². The molecule has 2 atom stereocenters. The van der Waals surface area contributed by atoms with E-state index in [-0.39, 0.29) is 23.7 Å². The molecule has 0 radical (unpaired) electrons. The lowest BCUT2D eigenvalue weighted by Crippen LogP contribution is -2.59. The average molecular weight is 252 g/mol. The Bertz CT molecular complexity index is 354. The molecule has 0 aromatic heterocycles. The fourth-order valence-electron chi connectivity index (χ4n) is 3.73. The minimum atomic E-state index is -0.475. The molecule has 2 N–H and O–H groups in total. The van der Waals surface area contributed by atoms with Crippen LogP contribution in [-0.2, 0) is 14.3 Å². The van der Waals surface area contributed by atoms with Gasteiger partial charge in [-0.15, -0.1) is 0 Å². The summed E-state index contributed by atoms with van der Waals surface area (Å²) >= 11 is 0. The van der Waals surface area contributed by atoms with Crippen molar-refractivity contribution in [3.63, 3.8) is 0 Å². The lowest BCUT2D eigenvalue weighted by molar-refractivity contribution is -0.151. The lowest BCUT2D eigenvalue weighted by atomic mass is 9.88. The number of hydrogen-bond donors (Lipinski definition) is 1. The summed E-state index contributed by atoms with van der Waals surface area (Å²) in [4.78, 5) is 26.5. The number of amides is 2. The molecule has 2 aliphatic heterocycles. The van der Waals surface area contributed by atoms with Gasteiger partial charge in [-0.25, -0.2) is 0 Å². The zero-order valence-electron chi connectivity index (χ0n) is 10.6. The molecule has 0 spiro atoms. The summed E-state index contributed by atoms with van der Waals surface area (Å²) in [6, 6.07) is 0. The van der Waals surface area contributed by atoms with Crippen molar-refractivity contribution in [3.05, 3.63) is 0 Å². The normalized spacial score (nSPS) is 35.1. The molecule has 5 heteroatoms. The average Bonchev–Trinajstić information content (AvgIpc) is 2.96. The van der Waals surface area contributed by atoms with Crippen molar-refractivity contribution in [1.29, 1.82) is 0 Å². The molecule has 0 aromatic rings. The maximum Gasteiger partial charge on any atom is 0.233 e. The molecule has 2 saturated heterocycles. The Hall–Kier alpha value is -0.940. The largest absolute Gasteiger partial charge is 0.381 e. The molecule has 5 nitrogen and oxygen atoms in total. The van der Waals surface area contributed by atoms with E-state index in [0.29, 0.717) is 32.6 Å². The van der Waals surface area contributed by atoms with E-state index in [1.54, 1.807) is 0 Å². The van der Waals surface area contributed by atoms with Crippen molar-refractivity contribution in [3.8, 4) is 0 Å². The molecular formula is C13H20N2O3. The Morgan fingerprint density at radius 3 is 2.22 bits per heavy atom. The van der Waals surface area contributed by atoms with Crippen LogP contribution in [0.25, 0.3) is 0 Å². The summed E-state index contributed by atoms with van der Waals surface area (Å²) in [5.74, 6) is -0.0859. The first-order valence-electron chi connectivity index (χ1n) is 6.85. The molecule has 1 saturated carbocycles. The van der Waals surface area contributed by atoms with E-state index in [2.05, 4.69) is 0 Å². The van der Waals surface area contributed by atoms with Crippen LogP contribution in [0.4, 0.5) is 0 Å². The molecule has 100 valence electrons. The van der Waals surface area contributed by atoms with Crippen LogP contribution in [0.15, 0.2) is 0 Å². The summed E-state index contributed by atoms with van der Waals surface area (Å²) < 4.78 is 5.35.